The Morgan fingerprint density at radius 1 is 1.09 bits per heavy atom. The minimum Gasteiger partial charge on any atom is -0.507 e. The van der Waals surface area contributed by atoms with Crippen LogP contribution in [0.3, 0.4) is 0 Å². The van der Waals surface area contributed by atoms with Crippen LogP contribution < -0.4 is 5.32 Å². The molecule has 0 aliphatic rings. The molecule has 0 radical (unpaired) electrons. The second-order valence-corrected chi connectivity index (χ2v) is 10.2. The average Bonchev–Trinajstić information content (AvgIpc) is 2.71. The summed E-state index contributed by atoms with van der Waals surface area (Å²) in [7, 11) is 0. The summed E-state index contributed by atoms with van der Waals surface area (Å²) in [5.74, 6) is -0.682. The quantitative estimate of drug-likeness (QED) is 0.400. The van der Waals surface area contributed by atoms with Crippen LogP contribution in [0.4, 0.5) is 5.69 Å². The largest absolute Gasteiger partial charge is 0.507 e. The first kappa shape index (κ1) is 24.0. The number of anilines is 1. The van der Waals surface area contributed by atoms with Gasteiger partial charge in [-0.25, -0.2) is 0 Å². The van der Waals surface area contributed by atoms with Gasteiger partial charge in [-0.15, -0.1) is 0 Å². The van der Waals surface area contributed by atoms with Gasteiger partial charge in [0.05, 0.1) is 27.2 Å². The zero-order valence-corrected chi connectivity index (χ0v) is 20.4. The number of nitrogens with one attached hydrogen (secondary N) is 1. The molecule has 7 heteroatoms. The van der Waals surface area contributed by atoms with E-state index in [1.165, 1.54) is 11.8 Å². The number of carbonyl (C=O) groups excluding carboxylic acids is 1. The second kappa shape index (κ2) is 9.46. The van der Waals surface area contributed by atoms with Crippen molar-refractivity contribution in [3.8, 4) is 11.8 Å². The standard InChI is InChI=1S/C25H22Cl2N2O2S/c1-14-15(13-28)10-18(25(2,3)4)22(30)21(14)24(31)29-16-11-19(26)23(20(27)12-16)32-17-8-6-5-7-9-17/h5-12,30H,1-4H3,(H,29,31). The van der Waals surface area contributed by atoms with Crippen LogP contribution in [0, 0.1) is 18.3 Å². The van der Waals surface area contributed by atoms with Crippen molar-refractivity contribution in [1.29, 1.82) is 5.26 Å². The highest BCUT2D eigenvalue weighted by atomic mass is 35.5. The SMILES string of the molecule is Cc1c(C#N)cc(C(C)(C)C)c(O)c1C(=O)Nc1cc(Cl)c(Sc2ccccc2)c(Cl)c1. The third kappa shape index (κ3) is 5.05. The number of benzene rings is 3. The lowest BCUT2D eigenvalue weighted by Gasteiger charge is -2.23. The van der Waals surface area contributed by atoms with Gasteiger partial charge in [-0.1, -0.05) is 73.9 Å². The Kier molecular flexibility index (Phi) is 7.09. The second-order valence-electron chi connectivity index (χ2n) is 8.32. The van der Waals surface area contributed by atoms with Gasteiger partial charge in [0, 0.05) is 21.0 Å². The molecule has 2 N–H and O–H groups in total. The normalized spacial score (nSPS) is 11.2. The molecule has 4 nitrogen and oxygen atoms in total. The van der Waals surface area contributed by atoms with Crippen molar-refractivity contribution in [2.24, 2.45) is 0 Å². The van der Waals surface area contributed by atoms with Crippen LogP contribution in [-0.4, -0.2) is 11.0 Å². The number of amides is 1. The number of nitrogens with zero attached hydrogens (tertiary/aromatic N) is 1. The Hall–Kier alpha value is -2.65. The molecular formula is C25H22Cl2N2O2S. The van der Waals surface area contributed by atoms with Crippen molar-refractivity contribution in [1.82, 2.24) is 0 Å². The topological polar surface area (TPSA) is 73.1 Å². The summed E-state index contributed by atoms with van der Waals surface area (Å²) in [6, 6.07) is 16.6. The van der Waals surface area contributed by atoms with Crippen LogP contribution in [0.15, 0.2) is 58.3 Å². The molecule has 3 rings (SSSR count). The molecule has 3 aromatic carbocycles. The number of phenols is 1. The van der Waals surface area contributed by atoms with Gasteiger partial charge < -0.3 is 10.4 Å². The number of halogens is 2. The van der Waals surface area contributed by atoms with E-state index in [0.29, 0.717) is 37.3 Å². The van der Waals surface area contributed by atoms with E-state index in [4.69, 9.17) is 23.2 Å². The number of nitriles is 1. The fraction of sp³-hybridized carbons (Fsp3) is 0.200. The van der Waals surface area contributed by atoms with Crippen LogP contribution in [0.25, 0.3) is 0 Å². The lowest BCUT2D eigenvalue weighted by atomic mass is 9.82. The molecule has 0 aliphatic heterocycles. The van der Waals surface area contributed by atoms with Crippen LogP contribution in [0.2, 0.25) is 10.0 Å². The molecule has 0 aliphatic carbocycles. The molecule has 0 unspecified atom stereocenters. The number of rotatable bonds is 4. The van der Waals surface area contributed by atoms with E-state index in [9.17, 15) is 15.2 Å². The highest BCUT2D eigenvalue weighted by Crippen LogP contribution is 2.41. The van der Waals surface area contributed by atoms with E-state index < -0.39 is 11.3 Å². The van der Waals surface area contributed by atoms with Crippen molar-refractivity contribution in [3.63, 3.8) is 0 Å². The number of carbonyl (C=O) groups is 1. The maximum Gasteiger partial charge on any atom is 0.259 e. The summed E-state index contributed by atoms with van der Waals surface area (Å²) >= 11 is 14.3. The minimum atomic E-state index is -0.543. The van der Waals surface area contributed by atoms with Crippen LogP contribution in [0.5, 0.6) is 5.75 Å². The molecule has 0 spiro atoms. The van der Waals surface area contributed by atoms with E-state index in [1.54, 1.807) is 25.1 Å². The Morgan fingerprint density at radius 3 is 2.22 bits per heavy atom. The zero-order chi connectivity index (χ0) is 23.6. The van der Waals surface area contributed by atoms with Gasteiger partial charge in [0.15, 0.2) is 0 Å². The Labute approximate surface area is 202 Å². The molecule has 1 amide bonds. The molecule has 0 heterocycles. The molecule has 0 bridgehead atoms. The summed E-state index contributed by atoms with van der Waals surface area (Å²) in [5, 5.41) is 23.9. The summed E-state index contributed by atoms with van der Waals surface area (Å²) in [6.07, 6.45) is 0. The lowest BCUT2D eigenvalue weighted by molar-refractivity contribution is 0.102. The van der Waals surface area contributed by atoms with Gasteiger partial charge in [-0.2, -0.15) is 5.26 Å². The molecule has 0 atom stereocenters. The van der Waals surface area contributed by atoms with Gasteiger partial charge in [0.2, 0.25) is 0 Å². The lowest BCUT2D eigenvalue weighted by Crippen LogP contribution is -2.19. The van der Waals surface area contributed by atoms with Gasteiger partial charge in [0.25, 0.3) is 5.91 Å². The molecule has 0 fully saturated rings. The Balaban J connectivity index is 1.97. The molecule has 32 heavy (non-hydrogen) atoms. The summed E-state index contributed by atoms with van der Waals surface area (Å²) in [4.78, 5) is 14.8. The van der Waals surface area contributed by atoms with Crippen molar-refractivity contribution in [3.05, 3.63) is 80.8 Å². The first-order chi connectivity index (χ1) is 15.0. The summed E-state index contributed by atoms with van der Waals surface area (Å²) < 4.78 is 0. The first-order valence-electron chi connectivity index (χ1n) is 9.83. The summed E-state index contributed by atoms with van der Waals surface area (Å²) in [5.41, 5.74) is 1.26. The fourth-order valence-corrected chi connectivity index (χ4v) is 4.82. The molecular weight excluding hydrogens is 463 g/mol. The third-order valence-electron chi connectivity index (χ3n) is 4.93. The van der Waals surface area contributed by atoms with Gasteiger partial charge in [-0.05, 0) is 48.2 Å². The van der Waals surface area contributed by atoms with Crippen molar-refractivity contribution >= 4 is 46.6 Å². The van der Waals surface area contributed by atoms with Crippen molar-refractivity contribution in [2.45, 2.75) is 42.9 Å². The van der Waals surface area contributed by atoms with Crippen LogP contribution in [0.1, 0.15) is 47.8 Å². The van der Waals surface area contributed by atoms with Gasteiger partial charge >= 0.3 is 0 Å². The maximum absolute atomic E-state index is 13.1. The predicted octanol–water partition coefficient (Wildman–Crippen LogP) is 7.58. The minimum absolute atomic E-state index is 0.0592. The van der Waals surface area contributed by atoms with Crippen molar-refractivity contribution in [2.75, 3.05) is 5.32 Å². The molecule has 0 aromatic heterocycles. The smallest absolute Gasteiger partial charge is 0.259 e. The number of hydrogen-bond acceptors (Lipinski definition) is 4. The van der Waals surface area contributed by atoms with E-state index in [1.807, 2.05) is 51.1 Å². The van der Waals surface area contributed by atoms with Gasteiger partial charge in [-0.3, -0.25) is 4.79 Å². The van der Waals surface area contributed by atoms with E-state index in [0.717, 1.165) is 4.90 Å². The molecule has 0 saturated heterocycles. The highest BCUT2D eigenvalue weighted by molar-refractivity contribution is 7.99. The van der Waals surface area contributed by atoms with Crippen LogP contribution >= 0.6 is 35.0 Å². The zero-order valence-electron chi connectivity index (χ0n) is 18.1. The van der Waals surface area contributed by atoms with Crippen LogP contribution in [-0.2, 0) is 5.41 Å². The number of hydrogen-bond donors (Lipinski definition) is 2. The number of phenolic OH excluding ortho intramolecular Hbond substituents is 1. The average molecular weight is 485 g/mol. The molecule has 3 aromatic rings. The predicted molar refractivity (Wildman–Crippen MR) is 131 cm³/mol. The van der Waals surface area contributed by atoms with Crippen molar-refractivity contribution < 1.29 is 9.90 Å². The number of aromatic hydroxyl groups is 1. The highest BCUT2D eigenvalue weighted by Gasteiger charge is 2.27. The summed E-state index contributed by atoms with van der Waals surface area (Å²) in [6.45, 7) is 7.36. The fourth-order valence-electron chi connectivity index (χ4n) is 3.26. The van der Waals surface area contributed by atoms with E-state index in [2.05, 4.69) is 11.4 Å². The van der Waals surface area contributed by atoms with E-state index >= 15 is 0 Å². The van der Waals surface area contributed by atoms with E-state index in [-0.39, 0.29) is 11.3 Å². The Morgan fingerprint density at radius 2 is 1.69 bits per heavy atom. The molecule has 164 valence electrons. The first-order valence-corrected chi connectivity index (χ1v) is 11.4. The van der Waals surface area contributed by atoms with Gasteiger partial charge in [0.1, 0.15) is 5.75 Å². The Bertz CT molecular complexity index is 1210. The monoisotopic (exact) mass is 484 g/mol. The molecule has 0 saturated carbocycles. The third-order valence-corrected chi connectivity index (χ3v) is 6.91. The maximum atomic E-state index is 13.1.